The Kier molecular flexibility index (Phi) is 3.85. The lowest BCUT2D eigenvalue weighted by Gasteiger charge is -2.11. The van der Waals surface area contributed by atoms with Gasteiger partial charge in [-0.1, -0.05) is 11.6 Å². The molecule has 1 atom stereocenters. The number of halogens is 1. The van der Waals surface area contributed by atoms with Gasteiger partial charge in [0.2, 0.25) is 0 Å². The van der Waals surface area contributed by atoms with Gasteiger partial charge in [0, 0.05) is 18.2 Å². The molecule has 1 N–H and O–H groups in total. The van der Waals surface area contributed by atoms with E-state index in [0.29, 0.717) is 5.02 Å². The van der Waals surface area contributed by atoms with E-state index in [1.54, 1.807) is 17.2 Å². The molecule has 4 rings (SSSR count). The molecule has 1 aromatic carbocycles. The van der Waals surface area contributed by atoms with Crippen LogP contribution in [0.5, 0.6) is 0 Å². The number of fused-ring (bicyclic) bond motifs is 1. The summed E-state index contributed by atoms with van der Waals surface area (Å²) in [7, 11) is 0. The summed E-state index contributed by atoms with van der Waals surface area (Å²) in [6.45, 7) is 1.60. The van der Waals surface area contributed by atoms with E-state index < -0.39 is 0 Å². The van der Waals surface area contributed by atoms with E-state index in [0.717, 1.165) is 48.5 Å². The summed E-state index contributed by atoms with van der Waals surface area (Å²) < 4.78 is 7.42. The predicted molar refractivity (Wildman–Crippen MR) is 89.1 cm³/mol. The molecule has 1 saturated heterocycles. The normalized spacial score (nSPS) is 17.7. The second-order valence-corrected chi connectivity index (χ2v) is 5.94. The number of ether oxygens (including phenoxy) is 1. The number of rotatable bonds is 4. The molecule has 3 aromatic rings. The minimum Gasteiger partial charge on any atom is -0.376 e. The lowest BCUT2D eigenvalue weighted by Crippen LogP contribution is -2.19. The van der Waals surface area contributed by atoms with Crippen LogP contribution in [-0.4, -0.2) is 39.0 Å². The number of aromatic nitrogens is 4. The third-order valence-electron chi connectivity index (χ3n) is 3.96. The molecule has 0 unspecified atom stereocenters. The summed E-state index contributed by atoms with van der Waals surface area (Å²) in [5, 5.41) is 9.37. The van der Waals surface area contributed by atoms with Gasteiger partial charge in [-0.3, -0.25) is 0 Å². The molecule has 0 spiro atoms. The van der Waals surface area contributed by atoms with Crippen LogP contribution in [0.15, 0.2) is 36.8 Å². The standard InChI is InChI=1S/C16H16ClN5O/c17-11-3-5-12(6-4-11)22-16-14(9-21-22)15(19-10-20-16)18-8-13-2-1-7-23-13/h3-6,9-10,13H,1-2,7-8H2,(H,18,19,20)/t13-/m0/s1. The molecular formula is C16H16ClN5O. The Morgan fingerprint density at radius 3 is 2.91 bits per heavy atom. The van der Waals surface area contributed by atoms with E-state index >= 15 is 0 Å². The molecule has 0 saturated carbocycles. The maximum atomic E-state index is 5.94. The fourth-order valence-electron chi connectivity index (χ4n) is 2.77. The zero-order valence-corrected chi connectivity index (χ0v) is 13.2. The van der Waals surface area contributed by atoms with E-state index in [1.807, 2.05) is 24.3 Å². The third kappa shape index (κ3) is 2.87. The Balaban J connectivity index is 1.64. The Labute approximate surface area is 138 Å². The van der Waals surface area contributed by atoms with Crippen LogP contribution in [-0.2, 0) is 4.74 Å². The Morgan fingerprint density at radius 1 is 1.26 bits per heavy atom. The summed E-state index contributed by atoms with van der Waals surface area (Å²) >= 11 is 5.94. The van der Waals surface area contributed by atoms with Gasteiger partial charge in [0.1, 0.15) is 12.1 Å². The Hall–Kier alpha value is -2.18. The lowest BCUT2D eigenvalue weighted by molar-refractivity contribution is 0.120. The predicted octanol–water partition coefficient (Wildman–Crippen LogP) is 3.06. The highest BCUT2D eigenvalue weighted by atomic mass is 35.5. The summed E-state index contributed by atoms with van der Waals surface area (Å²) in [5.74, 6) is 0.783. The number of benzene rings is 1. The molecule has 2 aromatic heterocycles. The molecule has 118 valence electrons. The van der Waals surface area contributed by atoms with Crippen LogP contribution in [0.3, 0.4) is 0 Å². The molecule has 23 heavy (non-hydrogen) atoms. The van der Waals surface area contributed by atoms with Crippen LogP contribution >= 0.6 is 11.6 Å². The van der Waals surface area contributed by atoms with Crippen molar-refractivity contribution in [1.29, 1.82) is 0 Å². The third-order valence-corrected chi connectivity index (χ3v) is 4.21. The number of nitrogens with zero attached hydrogens (tertiary/aromatic N) is 4. The van der Waals surface area contributed by atoms with Crippen molar-refractivity contribution >= 4 is 28.5 Å². The minimum atomic E-state index is 0.256. The molecule has 7 heteroatoms. The van der Waals surface area contributed by atoms with Crippen molar-refractivity contribution in [3.05, 3.63) is 41.8 Å². The number of nitrogens with one attached hydrogen (secondary N) is 1. The molecule has 1 aliphatic rings. The SMILES string of the molecule is Clc1ccc(-n2ncc3c(NC[C@@H]4CCCO4)ncnc32)cc1. The highest BCUT2D eigenvalue weighted by Crippen LogP contribution is 2.23. The molecule has 0 amide bonds. The van der Waals surface area contributed by atoms with Gasteiger partial charge in [0.15, 0.2) is 5.65 Å². The van der Waals surface area contributed by atoms with E-state index in [9.17, 15) is 0 Å². The Morgan fingerprint density at radius 2 is 2.13 bits per heavy atom. The van der Waals surface area contributed by atoms with Crippen LogP contribution in [0.25, 0.3) is 16.7 Å². The monoisotopic (exact) mass is 329 g/mol. The quantitative estimate of drug-likeness (QED) is 0.797. The summed E-state index contributed by atoms with van der Waals surface area (Å²) in [4.78, 5) is 8.70. The van der Waals surface area contributed by atoms with E-state index in [1.165, 1.54) is 0 Å². The van der Waals surface area contributed by atoms with Gasteiger partial charge < -0.3 is 10.1 Å². The minimum absolute atomic E-state index is 0.256. The summed E-state index contributed by atoms with van der Waals surface area (Å²) in [6, 6.07) is 7.50. The highest BCUT2D eigenvalue weighted by Gasteiger charge is 2.17. The van der Waals surface area contributed by atoms with Crippen molar-refractivity contribution in [3.8, 4) is 5.69 Å². The molecular weight excluding hydrogens is 314 g/mol. The van der Waals surface area contributed by atoms with Crippen LogP contribution in [0, 0.1) is 0 Å². The van der Waals surface area contributed by atoms with Gasteiger partial charge in [0.05, 0.1) is 23.4 Å². The summed E-state index contributed by atoms with van der Waals surface area (Å²) in [6.07, 6.45) is 5.80. The highest BCUT2D eigenvalue weighted by molar-refractivity contribution is 6.30. The van der Waals surface area contributed by atoms with E-state index in [4.69, 9.17) is 16.3 Å². The fraction of sp³-hybridized carbons (Fsp3) is 0.312. The number of hydrogen-bond donors (Lipinski definition) is 1. The zero-order chi connectivity index (χ0) is 15.6. The van der Waals surface area contributed by atoms with Crippen molar-refractivity contribution < 1.29 is 4.74 Å². The van der Waals surface area contributed by atoms with E-state index in [2.05, 4.69) is 20.4 Å². The first-order valence-corrected chi connectivity index (χ1v) is 7.99. The van der Waals surface area contributed by atoms with E-state index in [-0.39, 0.29) is 6.10 Å². The smallest absolute Gasteiger partial charge is 0.168 e. The van der Waals surface area contributed by atoms with Crippen molar-refractivity contribution in [1.82, 2.24) is 19.7 Å². The van der Waals surface area contributed by atoms with Gasteiger partial charge in [-0.15, -0.1) is 0 Å². The van der Waals surface area contributed by atoms with Crippen LogP contribution in [0.1, 0.15) is 12.8 Å². The average molecular weight is 330 g/mol. The Bertz CT molecular complexity index is 811. The maximum Gasteiger partial charge on any atom is 0.168 e. The summed E-state index contributed by atoms with van der Waals surface area (Å²) in [5.41, 5.74) is 1.67. The second kappa shape index (κ2) is 6.14. The molecule has 0 radical (unpaired) electrons. The molecule has 0 aliphatic carbocycles. The first-order valence-electron chi connectivity index (χ1n) is 7.61. The van der Waals surface area contributed by atoms with Gasteiger partial charge >= 0.3 is 0 Å². The topological polar surface area (TPSA) is 64.9 Å². The lowest BCUT2D eigenvalue weighted by atomic mass is 10.2. The van der Waals surface area contributed by atoms with Crippen molar-refractivity contribution in [3.63, 3.8) is 0 Å². The first-order chi connectivity index (χ1) is 11.3. The molecule has 3 heterocycles. The molecule has 1 aliphatic heterocycles. The van der Waals surface area contributed by atoms with Crippen LogP contribution in [0.2, 0.25) is 5.02 Å². The van der Waals surface area contributed by atoms with Crippen LogP contribution in [0.4, 0.5) is 5.82 Å². The van der Waals surface area contributed by atoms with Gasteiger partial charge in [0.25, 0.3) is 0 Å². The van der Waals surface area contributed by atoms with Gasteiger partial charge in [-0.2, -0.15) is 5.10 Å². The number of anilines is 1. The van der Waals surface area contributed by atoms with Crippen LogP contribution < -0.4 is 5.32 Å². The second-order valence-electron chi connectivity index (χ2n) is 5.51. The molecule has 6 nitrogen and oxygen atoms in total. The zero-order valence-electron chi connectivity index (χ0n) is 12.4. The maximum absolute atomic E-state index is 5.94. The van der Waals surface area contributed by atoms with Crippen molar-refractivity contribution in [2.45, 2.75) is 18.9 Å². The molecule has 0 bridgehead atoms. The largest absolute Gasteiger partial charge is 0.376 e. The van der Waals surface area contributed by atoms with Gasteiger partial charge in [-0.05, 0) is 37.1 Å². The number of hydrogen-bond acceptors (Lipinski definition) is 5. The van der Waals surface area contributed by atoms with Gasteiger partial charge in [-0.25, -0.2) is 14.6 Å². The van der Waals surface area contributed by atoms with Crippen molar-refractivity contribution in [2.24, 2.45) is 0 Å². The average Bonchev–Trinajstić information content (AvgIpc) is 3.23. The first kappa shape index (κ1) is 14.4. The molecule has 1 fully saturated rings. The fourth-order valence-corrected chi connectivity index (χ4v) is 2.90. The van der Waals surface area contributed by atoms with Crippen molar-refractivity contribution in [2.75, 3.05) is 18.5 Å².